The Labute approximate surface area is 142 Å². The molecule has 3 rings (SSSR count). The summed E-state index contributed by atoms with van der Waals surface area (Å²) < 4.78 is 0. The van der Waals surface area contributed by atoms with Gasteiger partial charge in [0, 0.05) is 39.3 Å². The number of aliphatic hydroxyl groups is 1. The second-order valence-electron chi connectivity index (χ2n) is 6.62. The average Bonchev–Trinajstić information content (AvgIpc) is 2.92. The molecule has 1 aromatic rings. The first-order valence-electron chi connectivity index (χ1n) is 8.12. The van der Waals surface area contributed by atoms with Crippen LogP contribution in [-0.4, -0.2) is 84.2 Å². The predicted molar refractivity (Wildman–Crippen MR) is 91.0 cm³/mol. The van der Waals surface area contributed by atoms with Gasteiger partial charge in [-0.15, -0.1) is 0 Å². The Hall–Kier alpha value is -1.14. The lowest BCUT2D eigenvalue weighted by Gasteiger charge is -2.37. The molecule has 0 spiro atoms. The van der Waals surface area contributed by atoms with Crippen molar-refractivity contribution in [3.8, 4) is 0 Å². The maximum atomic E-state index is 12.7. The number of aryl methyl sites for hydroxylation is 1. The number of likely N-dealkylation sites (N-methyl/N-ethyl adjacent to an activating group) is 1. The number of carbonyl (C=O) groups is 1. The van der Waals surface area contributed by atoms with Crippen LogP contribution in [0.25, 0.3) is 0 Å². The van der Waals surface area contributed by atoms with Crippen LogP contribution in [0.4, 0.5) is 0 Å². The van der Waals surface area contributed by atoms with Gasteiger partial charge in [-0.2, -0.15) is 0 Å². The molecule has 0 radical (unpaired) electrons. The third-order valence-electron chi connectivity index (χ3n) is 4.98. The Morgan fingerprint density at radius 3 is 2.61 bits per heavy atom. The molecule has 0 aliphatic carbocycles. The van der Waals surface area contributed by atoms with Gasteiger partial charge in [0.15, 0.2) is 0 Å². The molecule has 2 aliphatic rings. The minimum atomic E-state index is -0.494. The van der Waals surface area contributed by atoms with Gasteiger partial charge in [-0.25, -0.2) is 0 Å². The lowest BCUT2D eigenvalue weighted by molar-refractivity contribution is 0.0512. The fraction of sp³-hybridized carbons (Fsp3) is 0.588. The first kappa shape index (κ1) is 16.7. The molecular formula is C17H24ClN3O2. The fourth-order valence-corrected chi connectivity index (χ4v) is 3.64. The van der Waals surface area contributed by atoms with E-state index in [1.165, 1.54) is 0 Å². The van der Waals surface area contributed by atoms with E-state index >= 15 is 0 Å². The molecule has 0 aromatic heterocycles. The standard InChI is InChI=1S/C17H24ClN3O2/c1-12-4-3-5-13(16(12)18)17(23)21-10-14(15(22)11-21)20-8-6-19(2)7-9-20/h3-5,14-15,22H,6-11H2,1-2H3/t14-,15-/m1/s1. The van der Waals surface area contributed by atoms with Crippen molar-refractivity contribution in [3.05, 3.63) is 34.3 Å². The number of aliphatic hydroxyl groups excluding tert-OH is 1. The van der Waals surface area contributed by atoms with Gasteiger partial charge in [0.25, 0.3) is 5.91 Å². The van der Waals surface area contributed by atoms with Crippen molar-refractivity contribution in [3.63, 3.8) is 0 Å². The van der Waals surface area contributed by atoms with E-state index in [1.807, 2.05) is 19.1 Å². The number of β-amino-alcohol motifs (C(OH)–C–C–N with tert-alkyl or cyclic N) is 1. The number of nitrogens with zero attached hydrogens (tertiary/aromatic N) is 3. The molecule has 2 saturated heterocycles. The summed E-state index contributed by atoms with van der Waals surface area (Å²) in [5.74, 6) is -0.0885. The molecule has 1 aromatic carbocycles. The van der Waals surface area contributed by atoms with Gasteiger partial charge in [-0.05, 0) is 25.6 Å². The number of hydrogen-bond acceptors (Lipinski definition) is 4. The van der Waals surface area contributed by atoms with Crippen molar-refractivity contribution in [2.45, 2.75) is 19.1 Å². The summed E-state index contributed by atoms with van der Waals surface area (Å²) in [6, 6.07) is 5.52. The van der Waals surface area contributed by atoms with Crippen LogP contribution in [0.2, 0.25) is 5.02 Å². The Balaban J connectivity index is 1.70. The summed E-state index contributed by atoms with van der Waals surface area (Å²) in [6.45, 7) is 6.71. The third kappa shape index (κ3) is 3.38. The fourth-order valence-electron chi connectivity index (χ4n) is 3.43. The van der Waals surface area contributed by atoms with Gasteiger partial charge in [0.2, 0.25) is 0 Å². The molecule has 0 saturated carbocycles. The second-order valence-corrected chi connectivity index (χ2v) is 7.00. The Morgan fingerprint density at radius 2 is 1.91 bits per heavy atom. The normalized spacial score (nSPS) is 26.7. The van der Waals surface area contributed by atoms with Crippen molar-refractivity contribution in [2.75, 3.05) is 46.3 Å². The van der Waals surface area contributed by atoms with E-state index in [4.69, 9.17) is 11.6 Å². The number of likely N-dealkylation sites (tertiary alicyclic amines) is 1. The zero-order valence-electron chi connectivity index (χ0n) is 13.7. The average molecular weight is 338 g/mol. The number of halogens is 1. The monoisotopic (exact) mass is 337 g/mol. The highest BCUT2D eigenvalue weighted by Crippen LogP contribution is 2.25. The Bertz CT molecular complexity index is 587. The largest absolute Gasteiger partial charge is 0.390 e. The number of piperazine rings is 1. The zero-order valence-corrected chi connectivity index (χ0v) is 14.5. The van der Waals surface area contributed by atoms with Crippen molar-refractivity contribution in [1.82, 2.24) is 14.7 Å². The minimum absolute atomic E-state index is 0.0243. The highest BCUT2D eigenvalue weighted by Gasteiger charge is 2.38. The molecule has 2 atom stereocenters. The molecule has 1 amide bonds. The van der Waals surface area contributed by atoms with E-state index in [1.54, 1.807) is 11.0 Å². The van der Waals surface area contributed by atoms with Gasteiger partial charge >= 0.3 is 0 Å². The van der Waals surface area contributed by atoms with Gasteiger partial charge in [0.05, 0.1) is 22.7 Å². The van der Waals surface area contributed by atoms with E-state index in [0.29, 0.717) is 23.7 Å². The molecule has 0 unspecified atom stereocenters. The van der Waals surface area contributed by atoms with Crippen molar-refractivity contribution < 1.29 is 9.90 Å². The summed E-state index contributed by atoms with van der Waals surface area (Å²) in [6.07, 6.45) is -0.494. The topological polar surface area (TPSA) is 47.0 Å². The highest BCUT2D eigenvalue weighted by molar-refractivity contribution is 6.34. The number of amides is 1. The molecule has 2 aliphatic heterocycles. The lowest BCUT2D eigenvalue weighted by atomic mass is 10.1. The van der Waals surface area contributed by atoms with Crippen LogP contribution >= 0.6 is 11.6 Å². The summed E-state index contributed by atoms with van der Waals surface area (Å²) >= 11 is 6.28. The van der Waals surface area contributed by atoms with Gasteiger partial charge in [0.1, 0.15) is 0 Å². The lowest BCUT2D eigenvalue weighted by Crippen LogP contribution is -2.52. The summed E-state index contributed by atoms with van der Waals surface area (Å²) in [4.78, 5) is 19.1. The highest BCUT2D eigenvalue weighted by atomic mass is 35.5. The molecular weight excluding hydrogens is 314 g/mol. The van der Waals surface area contributed by atoms with E-state index in [0.717, 1.165) is 31.7 Å². The van der Waals surface area contributed by atoms with Gasteiger partial charge < -0.3 is 14.9 Å². The molecule has 0 bridgehead atoms. The smallest absolute Gasteiger partial charge is 0.255 e. The second kappa shape index (κ2) is 6.77. The Kier molecular flexibility index (Phi) is 4.92. The van der Waals surface area contributed by atoms with E-state index in [-0.39, 0.29) is 11.9 Å². The number of benzene rings is 1. The SMILES string of the molecule is Cc1cccc(C(=O)N2C[C@@H](O)[C@H](N3CCN(C)CC3)C2)c1Cl. The summed E-state index contributed by atoms with van der Waals surface area (Å²) in [7, 11) is 2.11. The van der Waals surface area contributed by atoms with Crippen LogP contribution in [0.1, 0.15) is 15.9 Å². The van der Waals surface area contributed by atoms with E-state index in [9.17, 15) is 9.90 Å². The molecule has 126 valence electrons. The van der Waals surface area contributed by atoms with Crippen LogP contribution in [0.3, 0.4) is 0 Å². The molecule has 5 nitrogen and oxygen atoms in total. The Morgan fingerprint density at radius 1 is 1.22 bits per heavy atom. The van der Waals surface area contributed by atoms with Crippen LogP contribution in [0, 0.1) is 6.92 Å². The van der Waals surface area contributed by atoms with Crippen molar-refractivity contribution in [2.24, 2.45) is 0 Å². The first-order valence-corrected chi connectivity index (χ1v) is 8.50. The molecule has 1 N–H and O–H groups in total. The molecule has 2 heterocycles. The van der Waals surface area contributed by atoms with Crippen molar-refractivity contribution >= 4 is 17.5 Å². The van der Waals surface area contributed by atoms with Gasteiger partial charge in [-0.3, -0.25) is 9.69 Å². The number of hydrogen-bond donors (Lipinski definition) is 1. The maximum absolute atomic E-state index is 12.7. The summed E-state index contributed by atoms with van der Waals surface area (Å²) in [5.41, 5.74) is 1.42. The predicted octanol–water partition coefficient (Wildman–Crippen LogP) is 1.08. The molecule has 6 heteroatoms. The first-order chi connectivity index (χ1) is 11.0. The molecule has 2 fully saturated rings. The minimum Gasteiger partial charge on any atom is -0.390 e. The summed E-state index contributed by atoms with van der Waals surface area (Å²) in [5, 5.41) is 10.9. The van der Waals surface area contributed by atoms with Crippen LogP contribution in [-0.2, 0) is 0 Å². The third-order valence-corrected chi connectivity index (χ3v) is 5.48. The van der Waals surface area contributed by atoms with E-state index < -0.39 is 6.10 Å². The zero-order chi connectivity index (χ0) is 16.6. The van der Waals surface area contributed by atoms with Crippen LogP contribution in [0.15, 0.2) is 18.2 Å². The molecule has 23 heavy (non-hydrogen) atoms. The number of carbonyl (C=O) groups excluding carboxylic acids is 1. The van der Waals surface area contributed by atoms with Crippen LogP contribution < -0.4 is 0 Å². The van der Waals surface area contributed by atoms with Crippen molar-refractivity contribution in [1.29, 1.82) is 0 Å². The quantitative estimate of drug-likeness (QED) is 0.877. The maximum Gasteiger partial charge on any atom is 0.255 e. The van der Waals surface area contributed by atoms with Gasteiger partial charge in [-0.1, -0.05) is 23.7 Å². The van der Waals surface area contributed by atoms with E-state index in [2.05, 4.69) is 16.8 Å². The van der Waals surface area contributed by atoms with Crippen LogP contribution in [0.5, 0.6) is 0 Å². The number of rotatable bonds is 2.